The van der Waals surface area contributed by atoms with Gasteiger partial charge in [0.1, 0.15) is 5.76 Å². The highest BCUT2D eigenvalue weighted by molar-refractivity contribution is 7.86. The van der Waals surface area contributed by atoms with E-state index in [0.29, 0.717) is 38.6 Å². The Morgan fingerprint density at radius 2 is 1.82 bits per heavy atom. The summed E-state index contributed by atoms with van der Waals surface area (Å²) in [5.41, 5.74) is -0.0518. The van der Waals surface area contributed by atoms with Gasteiger partial charge in [0.2, 0.25) is 5.89 Å². The van der Waals surface area contributed by atoms with Crippen LogP contribution in [0.5, 0.6) is 0 Å². The molecule has 1 aromatic heterocycles. The predicted octanol–water partition coefficient (Wildman–Crippen LogP) is 0.896. The van der Waals surface area contributed by atoms with Gasteiger partial charge in [-0.3, -0.25) is 4.90 Å². The molecule has 0 aliphatic carbocycles. The lowest BCUT2D eigenvalue weighted by Crippen LogP contribution is -2.51. The molecule has 0 amide bonds. The predicted molar refractivity (Wildman–Crippen MR) is 84.7 cm³/mol. The lowest BCUT2D eigenvalue weighted by molar-refractivity contribution is 0.162. The molecular formula is C14H26N4O3S. The second kappa shape index (κ2) is 6.27. The molecule has 1 saturated heterocycles. The van der Waals surface area contributed by atoms with Gasteiger partial charge in [-0.1, -0.05) is 20.8 Å². The van der Waals surface area contributed by atoms with E-state index in [9.17, 15) is 8.42 Å². The Bertz CT molecular complexity index is 596. The number of piperazine rings is 1. The van der Waals surface area contributed by atoms with E-state index in [-0.39, 0.29) is 5.41 Å². The number of rotatable bonds is 4. The molecule has 0 N–H and O–H groups in total. The summed E-state index contributed by atoms with van der Waals surface area (Å²) in [7, 11) is -0.194. The molecule has 7 nitrogen and oxygen atoms in total. The first-order valence-electron chi connectivity index (χ1n) is 7.46. The first-order valence-corrected chi connectivity index (χ1v) is 8.85. The van der Waals surface area contributed by atoms with Crippen LogP contribution in [0.3, 0.4) is 0 Å². The number of nitrogens with zero attached hydrogens (tertiary/aromatic N) is 4. The van der Waals surface area contributed by atoms with Gasteiger partial charge in [0.15, 0.2) is 0 Å². The van der Waals surface area contributed by atoms with Crippen molar-refractivity contribution < 1.29 is 12.8 Å². The van der Waals surface area contributed by atoms with Gasteiger partial charge in [-0.2, -0.15) is 17.0 Å². The number of hydrogen-bond acceptors (Lipinski definition) is 5. The van der Waals surface area contributed by atoms with E-state index in [1.54, 1.807) is 20.3 Å². The topological polar surface area (TPSA) is 69.9 Å². The van der Waals surface area contributed by atoms with Crippen LogP contribution in [-0.2, 0) is 22.2 Å². The molecule has 1 aliphatic rings. The fraction of sp³-hybridized carbons (Fsp3) is 0.786. The summed E-state index contributed by atoms with van der Waals surface area (Å²) in [6, 6.07) is 0. The lowest BCUT2D eigenvalue weighted by atomic mass is 9.94. The zero-order valence-corrected chi connectivity index (χ0v) is 14.9. The van der Waals surface area contributed by atoms with E-state index in [1.165, 1.54) is 8.61 Å². The minimum absolute atomic E-state index is 0.0518. The SMILES string of the molecule is CN(C)S(=O)(=O)N1CCN(Cc2ncc(C(C)(C)C)o2)CC1. The molecule has 126 valence electrons. The van der Waals surface area contributed by atoms with Gasteiger partial charge in [-0.15, -0.1) is 0 Å². The van der Waals surface area contributed by atoms with E-state index in [2.05, 4.69) is 30.7 Å². The van der Waals surface area contributed by atoms with E-state index < -0.39 is 10.2 Å². The Morgan fingerprint density at radius 3 is 2.27 bits per heavy atom. The Morgan fingerprint density at radius 1 is 1.23 bits per heavy atom. The Hall–Kier alpha value is -0.960. The Balaban J connectivity index is 1.92. The highest BCUT2D eigenvalue weighted by Crippen LogP contribution is 2.23. The smallest absolute Gasteiger partial charge is 0.281 e. The van der Waals surface area contributed by atoms with Crippen molar-refractivity contribution in [1.29, 1.82) is 0 Å². The fourth-order valence-electron chi connectivity index (χ4n) is 2.27. The van der Waals surface area contributed by atoms with E-state index >= 15 is 0 Å². The standard InChI is InChI=1S/C14H26N4O3S/c1-14(2,3)12-10-15-13(21-12)11-17-6-8-18(9-7-17)22(19,20)16(4)5/h10H,6-9,11H2,1-5H3. The average Bonchev–Trinajstić information content (AvgIpc) is 2.87. The molecule has 0 atom stereocenters. The quantitative estimate of drug-likeness (QED) is 0.820. The third-order valence-corrected chi connectivity index (χ3v) is 5.71. The molecule has 2 heterocycles. The van der Waals surface area contributed by atoms with Crippen molar-refractivity contribution in [1.82, 2.24) is 18.5 Å². The molecule has 8 heteroatoms. The fourth-order valence-corrected chi connectivity index (χ4v) is 3.36. The molecule has 0 bridgehead atoms. The lowest BCUT2D eigenvalue weighted by Gasteiger charge is -2.34. The van der Waals surface area contributed by atoms with Gasteiger partial charge in [-0.05, 0) is 0 Å². The van der Waals surface area contributed by atoms with Crippen LogP contribution in [0, 0.1) is 0 Å². The summed E-state index contributed by atoms with van der Waals surface area (Å²) in [5.74, 6) is 1.56. The van der Waals surface area contributed by atoms with Gasteiger partial charge < -0.3 is 4.42 Å². The maximum absolute atomic E-state index is 12.1. The molecule has 1 aromatic rings. The summed E-state index contributed by atoms with van der Waals surface area (Å²) >= 11 is 0. The van der Waals surface area contributed by atoms with Crippen molar-refractivity contribution >= 4 is 10.2 Å². The van der Waals surface area contributed by atoms with Gasteiger partial charge in [0, 0.05) is 45.7 Å². The van der Waals surface area contributed by atoms with Crippen LogP contribution >= 0.6 is 0 Å². The maximum Gasteiger partial charge on any atom is 0.281 e. The van der Waals surface area contributed by atoms with Gasteiger partial charge in [0.25, 0.3) is 10.2 Å². The molecule has 1 aliphatic heterocycles. The van der Waals surface area contributed by atoms with Crippen molar-refractivity contribution in [2.75, 3.05) is 40.3 Å². The average molecular weight is 330 g/mol. The minimum atomic E-state index is -3.31. The monoisotopic (exact) mass is 330 g/mol. The Labute approximate surface area is 133 Å². The normalized spacial score (nSPS) is 19.0. The van der Waals surface area contributed by atoms with Crippen LogP contribution in [0.25, 0.3) is 0 Å². The van der Waals surface area contributed by atoms with Crippen molar-refractivity contribution in [2.24, 2.45) is 0 Å². The molecule has 2 rings (SSSR count). The van der Waals surface area contributed by atoms with Crippen LogP contribution in [-0.4, -0.2) is 67.2 Å². The van der Waals surface area contributed by atoms with Gasteiger partial charge in [-0.25, -0.2) is 4.98 Å². The van der Waals surface area contributed by atoms with Crippen molar-refractivity contribution in [3.8, 4) is 0 Å². The second-order valence-corrected chi connectivity index (χ2v) is 8.98. The highest BCUT2D eigenvalue weighted by Gasteiger charge is 2.29. The van der Waals surface area contributed by atoms with Crippen molar-refractivity contribution in [3.05, 3.63) is 17.8 Å². The van der Waals surface area contributed by atoms with Gasteiger partial charge >= 0.3 is 0 Å². The third-order valence-electron chi connectivity index (χ3n) is 3.77. The zero-order chi connectivity index (χ0) is 16.5. The number of aromatic nitrogens is 1. The van der Waals surface area contributed by atoms with Crippen molar-refractivity contribution in [2.45, 2.75) is 32.7 Å². The summed E-state index contributed by atoms with van der Waals surface area (Å²) in [4.78, 5) is 6.49. The minimum Gasteiger partial charge on any atom is -0.444 e. The summed E-state index contributed by atoms with van der Waals surface area (Å²) < 4.78 is 32.7. The Kier molecular flexibility index (Phi) is 4.96. The third kappa shape index (κ3) is 3.87. The van der Waals surface area contributed by atoms with E-state index in [4.69, 9.17) is 4.42 Å². The molecule has 0 spiro atoms. The van der Waals surface area contributed by atoms with Crippen LogP contribution in [0.1, 0.15) is 32.4 Å². The van der Waals surface area contributed by atoms with Crippen LogP contribution in [0.4, 0.5) is 0 Å². The molecular weight excluding hydrogens is 304 g/mol. The first kappa shape index (κ1) is 17.4. The molecule has 22 heavy (non-hydrogen) atoms. The van der Waals surface area contributed by atoms with Crippen molar-refractivity contribution in [3.63, 3.8) is 0 Å². The van der Waals surface area contributed by atoms with E-state index in [0.717, 1.165) is 5.76 Å². The van der Waals surface area contributed by atoms with Crippen LogP contribution < -0.4 is 0 Å². The summed E-state index contributed by atoms with van der Waals surface area (Å²) in [6.45, 7) is 9.22. The summed E-state index contributed by atoms with van der Waals surface area (Å²) in [5, 5.41) is 0. The van der Waals surface area contributed by atoms with E-state index in [1.807, 2.05) is 0 Å². The van der Waals surface area contributed by atoms with Crippen LogP contribution in [0.2, 0.25) is 0 Å². The number of hydrogen-bond donors (Lipinski definition) is 0. The van der Waals surface area contributed by atoms with Crippen LogP contribution in [0.15, 0.2) is 10.6 Å². The zero-order valence-electron chi connectivity index (χ0n) is 14.0. The second-order valence-electron chi connectivity index (χ2n) is 6.83. The first-order chi connectivity index (χ1) is 10.1. The number of oxazole rings is 1. The molecule has 0 aromatic carbocycles. The van der Waals surface area contributed by atoms with Gasteiger partial charge in [0.05, 0.1) is 12.7 Å². The molecule has 0 unspecified atom stereocenters. The maximum atomic E-state index is 12.1. The largest absolute Gasteiger partial charge is 0.444 e. The highest BCUT2D eigenvalue weighted by atomic mass is 32.2. The molecule has 0 saturated carbocycles. The molecule has 0 radical (unpaired) electrons. The summed E-state index contributed by atoms with van der Waals surface area (Å²) in [6.07, 6.45) is 1.78. The molecule has 1 fully saturated rings.